The number of aromatic nitrogens is 2. The number of rotatable bonds is 5. The van der Waals surface area contributed by atoms with Gasteiger partial charge in [0.1, 0.15) is 10.4 Å². The minimum Gasteiger partial charge on any atom is -0.480 e. The van der Waals surface area contributed by atoms with Crippen molar-refractivity contribution in [3.63, 3.8) is 0 Å². The van der Waals surface area contributed by atoms with Crippen LogP contribution in [0.1, 0.15) is 11.1 Å². The van der Waals surface area contributed by atoms with E-state index in [0.717, 1.165) is 22.9 Å². The Morgan fingerprint density at radius 2 is 1.90 bits per heavy atom. The number of benzene rings is 2. The summed E-state index contributed by atoms with van der Waals surface area (Å²) in [7, 11) is 0. The average molecular weight is 422 g/mol. The van der Waals surface area contributed by atoms with E-state index in [2.05, 4.69) is 9.97 Å². The molecule has 8 heteroatoms. The van der Waals surface area contributed by atoms with E-state index in [4.69, 9.17) is 12.2 Å². The molecule has 1 saturated heterocycles. The lowest BCUT2D eigenvalue weighted by molar-refractivity contribution is -0.145. The number of nitrogens with zero attached hydrogens (tertiary/aromatic N) is 3. The first-order valence-electron chi connectivity index (χ1n) is 8.78. The van der Waals surface area contributed by atoms with Gasteiger partial charge in [0.25, 0.3) is 5.91 Å². The molecular weight excluding hydrogens is 406 g/mol. The molecule has 1 N–H and O–H groups in total. The predicted octanol–water partition coefficient (Wildman–Crippen LogP) is 3.53. The van der Waals surface area contributed by atoms with E-state index < -0.39 is 17.9 Å². The molecule has 4 rings (SSSR count). The molecule has 2 aromatic carbocycles. The second-order valence-corrected chi connectivity index (χ2v) is 8.04. The minimum atomic E-state index is -1.09. The smallest absolute Gasteiger partial charge is 0.327 e. The molecule has 0 bridgehead atoms. The van der Waals surface area contributed by atoms with Gasteiger partial charge in [-0.25, -0.2) is 4.79 Å². The number of amides is 1. The number of para-hydroxylation sites is 1. The zero-order valence-corrected chi connectivity index (χ0v) is 16.7. The summed E-state index contributed by atoms with van der Waals surface area (Å²) in [5.41, 5.74) is 2.93. The lowest BCUT2D eigenvalue weighted by Crippen LogP contribution is -2.45. The standard InChI is InChI=1S/C21H15N3O3S2/c25-19-17(12-14-7-4-8-15-18(14)23-10-9-22-15)29-21(28)24(19)16(20(26)27)11-13-5-2-1-3-6-13/h1-10,12,16H,11H2,(H,26,27)/b17-12-/t16-/m1/s1. The highest BCUT2D eigenvalue weighted by Crippen LogP contribution is 2.35. The van der Waals surface area contributed by atoms with E-state index in [-0.39, 0.29) is 10.7 Å². The van der Waals surface area contributed by atoms with Crippen LogP contribution in [0.15, 0.2) is 65.8 Å². The molecule has 6 nitrogen and oxygen atoms in total. The number of aliphatic carboxylic acids is 1. The maximum Gasteiger partial charge on any atom is 0.327 e. The monoisotopic (exact) mass is 421 g/mol. The number of carbonyl (C=O) groups is 2. The molecule has 1 fully saturated rings. The Hall–Kier alpha value is -3.10. The van der Waals surface area contributed by atoms with Gasteiger partial charge in [0.15, 0.2) is 0 Å². The van der Waals surface area contributed by atoms with Crippen LogP contribution in [-0.2, 0) is 16.0 Å². The first-order valence-corrected chi connectivity index (χ1v) is 10.0. The van der Waals surface area contributed by atoms with Crippen molar-refractivity contribution in [2.45, 2.75) is 12.5 Å². The van der Waals surface area contributed by atoms with Crippen molar-refractivity contribution in [3.8, 4) is 0 Å². The van der Waals surface area contributed by atoms with Crippen molar-refractivity contribution in [1.82, 2.24) is 14.9 Å². The molecule has 1 aliphatic rings. The van der Waals surface area contributed by atoms with Gasteiger partial charge in [-0.3, -0.25) is 19.7 Å². The second-order valence-electron chi connectivity index (χ2n) is 6.37. The quantitative estimate of drug-likeness (QED) is 0.498. The SMILES string of the molecule is O=C(O)[C@@H](Cc1ccccc1)N1C(=O)/C(=C/c2cccc3nccnc23)SC1=S. The average Bonchev–Trinajstić information content (AvgIpc) is 3.00. The number of thioether (sulfide) groups is 1. The molecule has 0 unspecified atom stereocenters. The van der Waals surface area contributed by atoms with Crippen LogP contribution in [0.3, 0.4) is 0 Å². The lowest BCUT2D eigenvalue weighted by atomic mass is 10.0. The molecule has 29 heavy (non-hydrogen) atoms. The van der Waals surface area contributed by atoms with Crippen molar-refractivity contribution in [3.05, 3.63) is 77.0 Å². The van der Waals surface area contributed by atoms with E-state index in [9.17, 15) is 14.7 Å². The van der Waals surface area contributed by atoms with Gasteiger partial charge in [-0.1, -0.05) is 66.4 Å². The van der Waals surface area contributed by atoms with Crippen molar-refractivity contribution in [2.24, 2.45) is 0 Å². The molecular formula is C21H15N3O3S2. The fourth-order valence-electron chi connectivity index (χ4n) is 3.15. The highest BCUT2D eigenvalue weighted by molar-refractivity contribution is 8.26. The van der Waals surface area contributed by atoms with Crippen LogP contribution < -0.4 is 0 Å². The number of hydrogen-bond donors (Lipinski definition) is 1. The summed E-state index contributed by atoms with van der Waals surface area (Å²) in [6.07, 6.45) is 5.06. The van der Waals surface area contributed by atoms with Crippen LogP contribution in [0.4, 0.5) is 0 Å². The number of fused-ring (bicyclic) bond motifs is 1. The number of hydrogen-bond acceptors (Lipinski definition) is 6. The third-order valence-corrected chi connectivity index (χ3v) is 5.84. The zero-order chi connectivity index (χ0) is 20.4. The van der Waals surface area contributed by atoms with Crippen molar-refractivity contribution in [2.75, 3.05) is 0 Å². The van der Waals surface area contributed by atoms with Crippen LogP contribution in [-0.4, -0.2) is 42.2 Å². The maximum atomic E-state index is 13.0. The summed E-state index contributed by atoms with van der Waals surface area (Å²) in [5, 5.41) is 9.75. The van der Waals surface area contributed by atoms with Gasteiger partial charge in [-0.05, 0) is 17.7 Å². The van der Waals surface area contributed by atoms with Crippen LogP contribution in [0.25, 0.3) is 17.1 Å². The Bertz CT molecular complexity index is 1140. The largest absolute Gasteiger partial charge is 0.480 e. The number of carboxylic acids is 1. The van der Waals surface area contributed by atoms with Gasteiger partial charge in [0.2, 0.25) is 0 Å². The Labute approximate surface area is 176 Å². The normalized spacial score (nSPS) is 16.6. The maximum absolute atomic E-state index is 13.0. The lowest BCUT2D eigenvalue weighted by Gasteiger charge is -2.23. The van der Waals surface area contributed by atoms with E-state index in [0.29, 0.717) is 15.9 Å². The van der Waals surface area contributed by atoms with Gasteiger partial charge < -0.3 is 5.11 Å². The van der Waals surface area contributed by atoms with Crippen molar-refractivity contribution < 1.29 is 14.7 Å². The predicted molar refractivity (Wildman–Crippen MR) is 116 cm³/mol. The highest BCUT2D eigenvalue weighted by Gasteiger charge is 2.40. The van der Waals surface area contributed by atoms with Gasteiger partial charge in [-0.15, -0.1) is 0 Å². The van der Waals surface area contributed by atoms with Gasteiger partial charge >= 0.3 is 5.97 Å². The fraction of sp³-hybridized carbons (Fsp3) is 0.0952. The van der Waals surface area contributed by atoms with Crippen LogP contribution >= 0.6 is 24.0 Å². The Balaban J connectivity index is 1.67. The summed E-state index contributed by atoms with van der Waals surface area (Å²) in [6, 6.07) is 13.6. The van der Waals surface area contributed by atoms with Gasteiger partial charge in [-0.2, -0.15) is 0 Å². The summed E-state index contributed by atoms with van der Waals surface area (Å²) in [4.78, 5) is 35.1. The first kappa shape index (κ1) is 19.2. The third-order valence-electron chi connectivity index (χ3n) is 4.51. The first-order chi connectivity index (χ1) is 14.0. The topological polar surface area (TPSA) is 83.4 Å². The fourth-order valence-corrected chi connectivity index (χ4v) is 4.50. The van der Waals surface area contributed by atoms with E-state index >= 15 is 0 Å². The summed E-state index contributed by atoms with van der Waals surface area (Å²) < 4.78 is 0.232. The molecule has 1 aliphatic heterocycles. The number of thiocarbonyl (C=S) groups is 1. The van der Waals surface area contributed by atoms with E-state index in [1.807, 2.05) is 48.5 Å². The van der Waals surface area contributed by atoms with E-state index in [1.165, 1.54) is 4.90 Å². The highest BCUT2D eigenvalue weighted by atomic mass is 32.2. The van der Waals surface area contributed by atoms with E-state index in [1.54, 1.807) is 18.5 Å². The molecule has 2 heterocycles. The Morgan fingerprint density at radius 1 is 1.14 bits per heavy atom. The van der Waals surface area contributed by atoms with Gasteiger partial charge in [0.05, 0.1) is 15.9 Å². The van der Waals surface area contributed by atoms with Crippen molar-refractivity contribution >= 4 is 57.3 Å². The van der Waals surface area contributed by atoms with Crippen LogP contribution in [0.5, 0.6) is 0 Å². The molecule has 1 atom stereocenters. The summed E-state index contributed by atoms with van der Waals surface area (Å²) >= 11 is 6.45. The molecule has 1 amide bonds. The van der Waals surface area contributed by atoms with Gasteiger partial charge in [0, 0.05) is 24.4 Å². The molecule has 3 aromatic rings. The zero-order valence-electron chi connectivity index (χ0n) is 15.1. The number of carboxylic acid groups (broad SMARTS) is 1. The molecule has 0 aliphatic carbocycles. The molecule has 0 radical (unpaired) electrons. The second kappa shape index (κ2) is 8.10. The van der Waals surface area contributed by atoms with Crippen LogP contribution in [0, 0.1) is 0 Å². The van der Waals surface area contributed by atoms with Crippen molar-refractivity contribution in [1.29, 1.82) is 0 Å². The third kappa shape index (κ3) is 3.90. The van der Waals surface area contributed by atoms with Crippen LogP contribution in [0.2, 0.25) is 0 Å². The molecule has 0 saturated carbocycles. The Kier molecular flexibility index (Phi) is 5.37. The minimum absolute atomic E-state index is 0.176. The number of carbonyl (C=O) groups excluding carboxylic acids is 1. The molecule has 1 aromatic heterocycles. The summed E-state index contributed by atoms with van der Waals surface area (Å²) in [6.45, 7) is 0. The molecule has 0 spiro atoms. The Morgan fingerprint density at radius 3 is 2.66 bits per heavy atom. The summed E-state index contributed by atoms with van der Waals surface area (Å²) in [5.74, 6) is -1.51. The molecule has 144 valence electrons.